The summed E-state index contributed by atoms with van der Waals surface area (Å²) in [5.41, 5.74) is 6.69. The van der Waals surface area contributed by atoms with Crippen molar-refractivity contribution in [2.45, 2.75) is 19.4 Å². The van der Waals surface area contributed by atoms with Crippen LogP contribution in [0.1, 0.15) is 37.4 Å². The van der Waals surface area contributed by atoms with E-state index in [1.807, 2.05) is 41.9 Å². The fourth-order valence-electron chi connectivity index (χ4n) is 3.75. The minimum atomic E-state index is -1.21. The number of carbonyl (C=O) groups excluding carboxylic acids is 2. The number of thiazole rings is 1. The quantitative estimate of drug-likeness (QED) is 0.434. The van der Waals surface area contributed by atoms with Crippen molar-refractivity contribution in [3.8, 4) is 11.1 Å². The molecule has 3 aromatic rings. The van der Waals surface area contributed by atoms with Crippen molar-refractivity contribution in [1.29, 1.82) is 0 Å². The molecule has 0 fully saturated rings. The van der Waals surface area contributed by atoms with E-state index in [4.69, 9.17) is 9.84 Å². The van der Waals surface area contributed by atoms with Gasteiger partial charge in [0.05, 0.1) is 6.54 Å². The number of hydroxylamine groups is 1. The van der Waals surface area contributed by atoms with Gasteiger partial charge in [-0.25, -0.2) is 20.1 Å². The number of carboxylic acids is 1. The van der Waals surface area contributed by atoms with Crippen LogP contribution in [0.5, 0.6) is 0 Å². The first-order valence-corrected chi connectivity index (χ1v) is 10.9. The summed E-state index contributed by atoms with van der Waals surface area (Å²) in [5.74, 6) is -1.90. The number of nitrogens with zero attached hydrogens (tertiary/aromatic N) is 1. The van der Waals surface area contributed by atoms with Gasteiger partial charge in [-0.15, -0.1) is 11.3 Å². The monoisotopic (exact) mass is 467 g/mol. The van der Waals surface area contributed by atoms with Crippen molar-refractivity contribution >= 4 is 29.3 Å². The normalized spacial score (nSPS) is 12.0. The summed E-state index contributed by atoms with van der Waals surface area (Å²) in [6.07, 6.45) is -0.583. The van der Waals surface area contributed by atoms with Gasteiger partial charge >= 0.3 is 12.1 Å². The maximum Gasteiger partial charge on any atom is 0.407 e. The molecular formula is C23H21N3O6S. The molecule has 1 aliphatic rings. The molecule has 0 bridgehead atoms. The highest BCUT2D eigenvalue weighted by Gasteiger charge is 2.29. The fraction of sp³-hybridized carbons (Fsp3) is 0.217. The van der Waals surface area contributed by atoms with E-state index in [9.17, 15) is 14.4 Å². The maximum absolute atomic E-state index is 12.3. The molecule has 2 aromatic carbocycles. The lowest BCUT2D eigenvalue weighted by Crippen LogP contribution is -2.28. The summed E-state index contributed by atoms with van der Waals surface area (Å²) in [6.45, 7) is 1.32. The first-order chi connectivity index (χ1) is 15.9. The number of hydrogen-bond acceptors (Lipinski definition) is 7. The molecule has 10 heteroatoms. The number of aromatic nitrogens is 1. The van der Waals surface area contributed by atoms with E-state index < -0.39 is 24.6 Å². The van der Waals surface area contributed by atoms with E-state index in [-0.39, 0.29) is 24.8 Å². The average molecular weight is 468 g/mol. The number of carboxylic acid groups (broad SMARTS) is 1. The highest BCUT2D eigenvalue weighted by molar-refractivity contribution is 7.11. The van der Waals surface area contributed by atoms with Crippen molar-refractivity contribution < 1.29 is 29.1 Å². The predicted octanol–water partition coefficient (Wildman–Crippen LogP) is 3.24. The van der Waals surface area contributed by atoms with Crippen molar-refractivity contribution in [2.24, 2.45) is 0 Å². The molecule has 1 aliphatic carbocycles. The first-order valence-electron chi connectivity index (χ1n) is 10.1. The third-order valence-corrected chi connectivity index (χ3v) is 6.11. The smallest absolute Gasteiger partial charge is 0.407 e. The number of carbonyl (C=O) groups is 3. The molecule has 2 amide bonds. The van der Waals surface area contributed by atoms with Crippen molar-refractivity contribution in [2.75, 3.05) is 13.2 Å². The summed E-state index contributed by atoms with van der Waals surface area (Å²) >= 11 is 1.24. The van der Waals surface area contributed by atoms with Gasteiger partial charge < -0.3 is 15.2 Å². The van der Waals surface area contributed by atoms with Crippen LogP contribution in [0.3, 0.4) is 0 Å². The summed E-state index contributed by atoms with van der Waals surface area (Å²) in [5, 5.41) is 11.7. The topological polar surface area (TPSA) is 127 Å². The van der Waals surface area contributed by atoms with Crippen LogP contribution in [0.2, 0.25) is 0 Å². The van der Waals surface area contributed by atoms with Crippen LogP contribution in [0.4, 0.5) is 4.79 Å². The minimum Gasteiger partial charge on any atom is -0.479 e. The Bertz CT molecular complexity index is 1160. The molecule has 0 saturated carbocycles. The van der Waals surface area contributed by atoms with Crippen LogP contribution < -0.4 is 10.8 Å². The molecule has 9 nitrogen and oxygen atoms in total. The molecule has 170 valence electrons. The molecule has 3 N–H and O–H groups in total. The molecule has 0 spiro atoms. The van der Waals surface area contributed by atoms with Gasteiger partial charge in [-0.05, 0) is 29.2 Å². The van der Waals surface area contributed by atoms with Gasteiger partial charge in [0.15, 0.2) is 6.61 Å². The first kappa shape index (κ1) is 22.4. The number of benzene rings is 2. The van der Waals surface area contributed by atoms with Crippen LogP contribution in [-0.2, 0) is 20.9 Å². The Kier molecular flexibility index (Phi) is 6.66. The Labute approximate surface area is 193 Å². The third kappa shape index (κ3) is 5.02. The van der Waals surface area contributed by atoms with E-state index in [1.54, 1.807) is 6.92 Å². The number of hydrogen-bond donors (Lipinski definition) is 3. The van der Waals surface area contributed by atoms with Crippen LogP contribution in [-0.4, -0.2) is 41.3 Å². The van der Waals surface area contributed by atoms with E-state index >= 15 is 0 Å². The highest BCUT2D eigenvalue weighted by Crippen LogP contribution is 2.44. The summed E-state index contributed by atoms with van der Waals surface area (Å²) in [7, 11) is 0. The largest absolute Gasteiger partial charge is 0.479 e. The SMILES string of the molecule is Cc1sc(CNC(=O)OCC2c3ccccc3-c3ccccc32)nc1C(=O)NOCC(=O)O. The van der Waals surface area contributed by atoms with Crippen LogP contribution in [0.15, 0.2) is 48.5 Å². The zero-order valence-electron chi connectivity index (χ0n) is 17.7. The molecule has 0 saturated heterocycles. The Morgan fingerprint density at radius 3 is 2.33 bits per heavy atom. The predicted molar refractivity (Wildman–Crippen MR) is 120 cm³/mol. The fourth-order valence-corrected chi connectivity index (χ4v) is 4.62. The second-order valence-corrected chi connectivity index (χ2v) is 8.59. The Balaban J connectivity index is 1.32. The van der Waals surface area contributed by atoms with Crippen LogP contribution >= 0.6 is 11.3 Å². The molecule has 0 aliphatic heterocycles. The second-order valence-electron chi connectivity index (χ2n) is 7.31. The molecule has 33 heavy (non-hydrogen) atoms. The maximum atomic E-state index is 12.3. The molecule has 0 atom stereocenters. The van der Waals surface area contributed by atoms with Gasteiger partial charge in [0.1, 0.15) is 17.3 Å². The highest BCUT2D eigenvalue weighted by atomic mass is 32.1. The Morgan fingerprint density at radius 1 is 1.06 bits per heavy atom. The summed E-state index contributed by atoms with van der Waals surface area (Å²) < 4.78 is 5.49. The number of rotatable bonds is 8. The lowest BCUT2D eigenvalue weighted by atomic mass is 9.98. The van der Waals surface area contributed by atoms with Gasteiger partial charge in [0, 0.05) is 10.8 Å². The molecule has 1 aromatic heterocycles. The molecule has 0 unspecified atom stereocenters. The Hall–Kier alpha value is -3.76. The lowest BCUT2D eigenvalue weighted by Gasteiger charge is -2.14. The molecular weight excluding hydrogens is 446 g/mol. The van der Waals surface area contributed by atoms with Gasteiger partial charge in [0.25, 0.3) is 5.91 Å². The van der Waals surface area contributed by atoms with Crippen LogP contribution in [0, 0.1) is 6.92 Å². The van der Waals surface area contributed by atoms with Gasteiger partial charge in [-0.1, -0.05) is 48.5 Å². The van der Waals surface area contributed by atoms with E-state index in [0.29, 0.717) is 9.88 Å². The number of aryl methyl sites for hydroxylation is 1. The lowest BCUT2D eigenvalue weighted by molar-refractivity contribution is -0.144. The number of alkyl carbamates (subject to hydrolysis) is 1. The molecule has 1 heterocycles. The van der Waals surface area contributed by atoms with Crippen molar-refractivity contribution in [3.05, 3.63) is 75.2 Å². The number of nitrogens with one attached hydrogen (secondary N) is 2. The van der Waals surface area contributed by atoms with Crippen LogP contribution in [0.25, 0.3) is 11.1 Å². The summed E-state index contributed by atoms with van der Waals surface area (Å²) in [4.78, 5) is 44.2. The van der Waals surface area contributed by atoms with E-state index in [0.717, 1.165) is 22.3 Å². The third-order valence-electron chi connectivity index (χ3n) is 5.14. The molecule has 4 rings (SSSR count). The van der Waals surface area contributed by atoms with E-state index in [2.05, 4.69) is 27.3 Å². The van der Waals surface area contributed by atoms with Crippen molar-refractivity contribution in [1.82, 2.24) is 15.8 Å². The van der Waals surface area contributed by atoms with E-state index in [1.165, 1.54) is 11.3 Å². The number of fused-ring (bicyclic) bond motifs is 3. The zero-order valence-corrected chi connectivity index (χ0v) is 18.5. The number of aliphatic carboxylic acids is 1. The standard InChI is InChI=1S/C23H21N3O6S/c1-13-21(22(29)26-32-12-20(27)28)25-19(33-13)10-24-23(30)31-11-18-16-8-4-2-6-14(16)15-7-3-5-9-17(15)18/h2-9,18H,10-12H2,1H3,(H,24,30)(H,26,29)(H,27,28). The van der Waals surface area contributed by atoms with Gasteiger partial charge in [0.2, 0.25) is 0 Å². The average Bonchev–Trinajstić information content (AvgIpc) is 3.33. The van der Waals surface area contributed by atoms with Crippen molar-refractivity contribution in [3.63, 3.8) is 0 Å². The zero-order chi connectivity index (χ0) is 23.4. The van der Waals surface area contributed by atoms with Gasteiger partial charge in [-0.3, -0.25) is 9.63 Å². The second kappa shape index (κ2) is 9.80. The minimum absolute atomic E-state index is 0.0358. The Morgan fingerprint density at radius 2 is 1.70 bits per heavy atom. The number of ether oxygens (including phenoxy) is 1. The molecule has 0 radical (unpaired) electrons. The number of amides is 2. The summed E-state index contributed by atoms with van der Waals surface area (Å²) in [6, 6.07) is 16.2. The van der Waals surface area contributed by atoms with Gasteiger partial charge in [-0.2, -0.15) is 0 Å².